The van der Waals surface area contributed by atoms with E-state index in [1.807, 2.05) is 13.8 Å². The number of carbonyl (C=O) groups excluding carboxylic acids is 1. The highest BCUT2D eigenvalue weighted by Gasteiger charge is 2.20. The van der Waals surface area contributed by atoms with Crippen LogP contribution in [0.15, 0.2) is 59.5 Å². The molecule has 0 saturated carbocycles. The Morgan fingerprint density at radius 3 is 2.61 bits per heavy atom. The summed E-state index contributed by atoms with van der Waals surface area (Å²) in [6, 6.07) is 12.4. The number of fused-ring (bicyclic) bond motifs is 1. The van der Waals surface area contributed by atoms with Crippen LogP contribution in [0.5, 0.6) is 0 Å². The van der Waals surface area contributed by atoms with Crippen molar-refractivity contribution in [2.75, 3.05) is 5.32 Å². The molecule has 2 aromatic heterocycles. The first-order valence-electron chi connectivity index (χ1n) is 9.63. The average Bonchev–Trinajstić information content (AvgIpc) is 3.16. The molecule has 4 rings (SSSR count). The van der Waals surface area contributed by atoms with Crippen molar-refractivity contribution in [3.05, 3.63) is 81.6 Å². The molecule has 31 heavy (non-hydrogen) atoms. The minimum absolute atomic E-state index is 0.0174. The van der Waals surface area contributed by atoms with E-state index in [0.29, 0.717) is 27.5 Å². The van der Waals surface area contributed by atoms with E-state index in [4.69, 9.17) is 11.6 Å². The summed E-state index contributed by atoms with van der Waals surface area (Å²) in [4.78, 5) is 25.8. The summed E-state index contributed by atoms with van der Waals surface area (Å²) in [7, 11) is 0. The molecular weight excluding hydrogens is 421 g/mol. The fourth-order valence-corrected chi connectivity index (χ4v) is 3.50. The predicted molar refractivity (Wildman–Crippen MR) is 117 cm³/mol. The number of hydrogen-bond donors (Lipinski definition) is 1. The van der Waals surface area contributed by atoms with Crippen molar-refractivity contribution in [3.63, 3.8) is 0 Å². The number of benzene rings is 2. The molecule has 1 N–H and O–H groups in total. The molecular formula is C22H19ClFN5O2. The van der Waals surface area contributed by atoms with Crippen molar-refractivity contribution in [2.24, 2.45) is 0 Å². The highest BCUT2D eigenvalue weighted by atomic mass is 35.5. The number of nitrogens with one attached hydrogen (secondary N) is 1. The molecule has 4 aromatic rings. The number of halogens is 2. The van der Waals surface area contributed by atoms with Gasteiger partial charge in [0.1, 0.15) is 17.9 Å². The van der Waals surface area contributed by atoms with Gasteiger partial charge in [0.25, 0.3) is 5.56 Å². The smallest absolute Gasteiger partial charge is 0.293 e. The van der Waals surface area contributed by atoms with Gasteiger partial charge in [0, 0.05) is 16.1 Å². The number of hydrogen-bond acceptors (Lipinski definition) is 4. The minimum Gasteiger partial charge on any atom is -0.324 e. The molecule has 7 nitrogen and oxygen atoms in total. The Balaban J connectivity index is 1.77. The summed E-state index contributed by atoms with van der Waals surface area (Å²) in [5, 5.41) is 12.5. The fraction of sp³-hybridized carbons (Fsp3) is 0.182. The highest BCUT2D eigenvalue weighted by molar-refractivity contribution is 6.30. The third-order valence-electron chi connectivity index (χ3n) is 4.73. The topological polar surface area (TPSA) is 81.8 Å². The van der Waals surface area contributed by atoms with Crippen LogP contribution in [-0.2, 0) is 11.3 Å². The van der Waals surface area contributed by atoms with E-state index in [2.05, 4.69) is 15.5 Å². The molecule has 0 aliphatic rings. The first kappa shape index (κ1) is 20.7. The Hall–Kier alpha value is -3.52. The number of carbonyl (C=O) groups is 1. The van der Waals surface area contributed by atoms with Crippen molar-refractivity contribution in [1.29, 1.82) is 0 Å². The lowest BCUT2D eigenvalue weighted by Crippen LogP contribution is -2.31. The van der Waals surface area contributed by atoms with Crippen LogP contribution in [0.4, 0.5) is 10.1 Å². The van der Waals surface area contributed by atoms with Gasteiger partial charge in [-0.25, -0.2) is 13.8 Å². The van der Waals surface area contributed by atoms with Crippen molar-refractivity contribution in [1.82, 2.24) is 19.6 Å². The van der Waals surface area contributed by atoms with Crippen LogP contribution < -0.4 is 10.9 Å². The lowest BCUT2D eigenvalue weighted by molar-refractivity contribution is -0.117. The van der Waals surface area contributed by atoms with Gasteiger partial charge in [-0.3, -0.25) is 9.59 Å². The van der Waals surface area contributed by atoms with Gasteiger partial charge in [0.05, 0.1) is 17.6 Å². The second-order valence-corrected chi connectivity index (χ2v) is 7.79. The number of aromatic nitrogens is 4. The monoisotopic (exact) mass is 439 g/mol. The van der Waals surface area contributed by atoms with Crippen LogP contribution >= 0.6 is 11.6 Å². The number of anilines is 1. The zero-order valence-electron chi connectivity index (χ0n) is 16.8. The molecule has 2 aromatic carbocycles. The highest BCUT2D eigenvalue weighted by Crippen LogP contribution is 2.23. The van der Waals surface area contributed by atoms with E-state index >= 15 is 0 Å². The molecule has 0 saturated heterocycles. The van der Waals surface area contributed by atoms with Gasteiger partial charge in [-0.05, 0) is 48.4 Å². The van der Waals surface area contributed by atoms with Crippen LogP contribution in [-0.4, -0.2) is 25.5 Å². The lowest BCUT2D eigenvalue weighted by atomic mass is 10.1. The summed E-state index contributed by atoms with van der Waals surface area (Å²) < 4.78 is 15.9. The molecule has 0 unspecified atom stereocenters. The maximum absolute atomic E-state index is 13.3. The molecule has 0 aliphatic heterocycles. The van der Waals surface area contributed by atoms with E-state index in [0.717, 1.165) is 4.68 Å². The molecule has 1 amide bonds. The van der Waals surface area contributed by atoms with Gasteiger partial charge in [-0.2, -0.15) is 10.2 Å². The first-order valence-corrected chi connectivity index (χ1v) is 10.0. The average molecular weight is 440 g/mol. The summed E-state index contributed by atoms with van der Waals surface area (Å²) in [6.07, 6.45) is 1.57. The largest absolute Gasteiger partial charge is 0.324 e. The van der Waals surface area contributed by atoms with Crippen molar-refractivity contribution in [3.8, 4) is 5.69 Å². The second-order valence-electron chi connectivity index (χ2n) is 7.36. The SMILES string of the molecule is CC(C)c1nn(CC(=O)Nc2cccc(Cl)c2)c(=O)c2c1cnn2-c1ccc(F)cc1. The van der Waals surface area contributed by atoms with Gasteiger partial charge in [0.2, 0.25) is 5.91 Å². The van der Waals surface area contributed by atoms with Gasteiger partial charge < -0.3 is 5.32 Å². The fourth-order valence-electron chi connectivity index (χ4n) is 3.31. The summed E-state index contributed by atoms with van der Waals surface area (Å²) in [5.74, 6) is -0.824. The van der Waals surface area contributed by atoms with Crippen LogP contribution in [0.25, 0.3) is 16.6 Å². The van der Waals surface area contributed by atoms with E-state index < -0.39 is 11.5 Å². The van der Waals surface area contributed by atoms with Gasteiger partial charge in [0.15, 0.2) is 0 Å². The predicted octanol–water partition coefficient (Wildman–Crippen LogP) is 4.14. The molecule has 0 radical (unpaired) electrons. The Labute approximate surface area is 182 Å². The zero-order valence-corrected chi connectivity index (χ0v) is 17.6. The third-order valence-corrected chi connectivity index (χ3v) is 4.97. The van der Waals surface area contributed by atoms with E-state index in [9.17, 15) is 14.0 Å². The second kappa shape index (κ2) is 8.31. The maximum atomic E-state index is 13.3. The molecule has 0 bridgehead atoms. The van der Waals surface area contributed by atoms with E-state index in [1.54, 1.807) is 30.5 Å². The number of amides is 1. The Morgan fingerprint density at radius 1 is 1.19 bits per heavy atom. The number of rotatable bonds is 5. The number of nitrogens with zero attached hydrogens (tertiary/aromatic N) is 4. The van der Waals surface area contributed by atoms with Crippen LogP contribution in [0.1, 0.15) is 25.5 Å². The Kier molecular flexibility index (Phi) is 5.56. The minimum atomic E-state index is -0.470. The molecule has 0 fully saturated rings. The van der Waals surface area contributed by atoms with Crippen molar-refractivity contribution < 1.29 is 9.18 Å². The molecule has 0 aliphatic carbocycles. The first-order chi connectivity index (χ1) is 14.8. The molecule has 0 atom stereocenters. The standard InChI is InChI=1S/C22H19ClFN5O2/c1-13(2)20-18-11-25-29(17-8-6-15(24)7-9-17)21(18)22(31)28(27-20)12-19(30)26-16-5-3-4-14(23)10-16/h3-11,13H,12H2,1-2H3,(H,26,30). The quantitative estimate of drug-likeness (QED) is 0.506. The molecule has 0 spiro atoms. The van der Waals surface area contributed by atoms with Gasteiger partial charge >= 0.3 is 0 Å². The third kappa shape index (κ3) is 4.20. The van der Waals surface area contributed by atoms with Gasteiger partial charge in [-0.15, -0.1) is 0 Å². The Bertz CT molecular complexity index is 1330. The molecule has 158 valence electrons. The summed E-state index contributed by atoms with van der Waals surface area (Å²) in [5.41, 5.74) is 1.50. The van der Waals surface area contributed by atoms with Crippen LogP contribution in [0.3, 0.4) is 0 Å². The summed E-state index contributed by atoms with van der Waals surface area (Å²) >= 11 is 5.96. The van der Waals surface area contributed by atoms with E-state index in [1.165, 1.54) is 28.9 Å². The van der Waals surface area contributed by atoms with Crippen molar-refractivity contribution in [2.45, 2.75) is 26.3 Å². The Morgan fingerprint density at radius 2 is 1.94 bits per heavy atom. The van der Waals surface area contributed by atoms with Gasteiger partial charge in [-0.1, -0.05) is 31.5 Å². The maximum Gasteiger partial charge on any atom is 0.293 e. The zero-order chi connectivity index (χ0) is 22.1. The van der Waals surface area contributed by atoms with E-state index in [-0.39, 0.29) is 23.8 Å². The lowest BCUT2D eigenvalue weighted by Gasteiger charge is -2.12. The molecule has 2 heterocycles. The normalized spacial score (nSPS) is 11.3. The van der Waals surface area contributed by atoms with Crippen molar-refractivity contribution >= 4 is 34.1 Å². The summed E-state index contributed by atoms with van der Waals surface area (Å²) in [6.45, 7) is 3.60. The van der Waals surface area contributed by atoms with Crippen LogP contribution in [0, 0.1) is 5.82 Å². The van der Waals surface area contributed by atoms with Crippen LogP contribution in [0.2, 0.25) is 5.02 Å². The molecule has 9 heteroatoms.